The van der Waals surface area contributed by atoms with Gasteiger partial charge in [0.1, 0.15) is 0 Å². The molecule has 2 heterocycles. The number of rotatable bonds is 4. The van der Waals surface area contributed by atoms with Crippen molar-refractivity contribution in [3.8, 4) is 0 Å². The molecule has 3 atom stereocenters. The third kappa shape index (κ3) is 2.57. The summed E-state index contributed by atoms with van der Waals surface area (Å²) in [6.45, 7) is 7.33. The van der Waals surface area contributed by atoms with E-state index < -0.39 is 0 Å². The lowest BCUT2D eigenvalue weighted by Crippen LogP contribution is -2.43. The first kappa shape index (κ1) is 13.5. The van der Waals surface area contributed by atoms with Crippen molar-refractivity contribution in [1.29, 1.82) is 0 Å². The molecule has 0 aliphatic carbocycles. The Bertz CT molecular complexity index is 343. The summed E-state index contributed by atoms with van der Waals surface area (Å²) in [5.41, 5.74) is 0. The van der Waals surface area contributed by atoms with Crippen molar-refractivity contribution in [2.75, 3.05) is 13.2 Å². The number of hydrogen-bond acceptors (Lipinski definition) is 4. The van der Waals surface area contributed by atoms with Gasteiger partial charge in [0.15, 0.2) is 0 Å². The van der Waals surface area contributed by atoms with E-state index in [2.05, 4.69) is 12.2 Å². The Balaban J connectivity index is 1.87. The Morgan fingerprint density at radius 2 is 2.17 bits per heavy atom. The van der Waals surface area contributed by atoms with E-state index in [1.807, 2.05) is 13.8 Å². The molecule has 0 aromatic heterocycles. The van der Waals surface area contributed by atoms with Crippen LogP contribution < -0.4 is 5.32 Å². The third-order valence-electron chi connectivity index (χ3n) is 3.86. The lowest BCUT2D eigenvalue weighted by molar-refractivity contribution is -0.140. The Morgan fingerprint density at radius 3 is 2.67 bits per heavy atom. The Hall–Kier alpha value is -0.940. The van der Waals surface area contributed by atoms with E-state index in [9.17, 15) is 9.59 Å². The first-order valence-electron chi connectivity index (χ1n) is 6.71. The van der Waals surface area contributed by atoms with Crippen molar-refractivity contribution in [2.24, 2.45) is 5.92 Å². The highest BCUT2D eigenvalue weighted by Gasteiger charge is 2.40. The first-order valence-corrected chi connectivity index (χ1v) is 6.71. The molecule has 3 unspecified atom stereocenters. The number of carbonyl (C=O) groups is 2. The molecule has 0 bridgehead atoms. The molecule has 2 rings (SSSR count). The molecule has 0 aromatic rings. The van der Waals surface area contributed by atoms with Crippen LogP contribution >= 0.6 is 0 Å². The summed E-state index contributed by atoms with van der Waals surface area (Å²) in [6, 6.07) is -0.391. The second-order valence-corrected chi connectivity index (χ2v) is 5.49. The van der Waals surface area contributed by atoms with Crippen LogP contribution in [0.15, 0.2) is 0 Å². The van der Waals surface area contributed by atoms with Crippen LogP contribution in [0.2, 0.25) is 0 Å². The minimum absolute atomic E-state index is 0.0504. The predicted octanol–water partition coefficient (Wildman–Crippen LogP) is 0.537. The SMILES string of the molecule is CC1OCCC1CNC1CC(=O)N(C(C)C)C1=O. The summed E-state index contributed by atoms with van der Waals surface area (Å²) in [4.78, 5) is 25.2. The highest BCUT2D eigenvalue weighted by molar-refractivity contribution is 6.05. The van der Waals surface area contributed by atoms with Gasteiger partial charge in [-0.1, -0.05) is 0 Å². The third-order valence-corrected chi connectivity index (χ3v) is 3.86. The number of ether oxygens (including phenoxy) is 1. The minimum atomic E-state index is -0.340. The fraction of sp³-hybridized carbons (Fsp3) is 0.846. The Morgan fingerprint density at radius 1 is 1.44 bits per heavy atom. The number of imide groups is 1. The van der Waals surface area contributed by atoms with Gasteiger partial charge < -0.3 is 10.1 Å². The van der Waals surface area contributed by atoms with Crippen LogP contribution in [-0.4, -0.2) is 48.1 Å². The average molecular weight is 254 g/mol. The summed E-state index contributed by atoms with van der Waals surface area (Å²) >= 11 is 0. The van der Waals surface area contributed by atoms with Gasteiger partial charge in [0.05, 0.1) is 18.6 Å². The zero-order chi connectivity index (χ0) is 13.3. The molecule has 0 spiro atoms. The quantitative estimate of drug-likeness (QED) is 0.744. The molecule has 1 N–H and O–H groups in total. The zero-order valence-corrected chi connectivity index (χ0v) is 11.3. The number of nitrogens with zero attached hydrogens (tertiary/aromatic N) is 1. The highest BCUT2D eigenvalue weighted by Crippen LogP contribution is 2.21. The monoisotopic (exact) mass is 254 g/mol. The van der Waals surface area contributed by atoms with Gasteiger partial charge in [0, 0.05) is 19.2 Å². The predicted molar refractivity (Wildman–Crippen MR) is 66.9 cm³/mol. The molecule has 2 fully saturated rings. The second-order valence-electron chi connectivity index (χ2n) is 5.49. The maximum Gasteiger partial charge on any atom is 0.247 e. The maximum atomic E-state index is 12.1. The smallest absolute Gasteiger partial charge is 0.247 e. The number of likely N-dealkylation sites (tertiary alicyclic amines) is 1. The number of nitrogens with one attached hydrogen (secondary N) is 1. The standard InChI is InChI=1S/C13H22N2O3/c1-8(2)15-12(16)6-11(13(15)17)14-7-10-4-5-18-9(10)3/h8-11,14H,4-7H2,1-3H3. The van der Waals surface area contributed by atoms with Crippen LogP contribution in [0.4, 0.5) is 0 Å². The molecular formula is C13H22N2O3. The normalized spacial score (nSPS) is 32.9. The van der Waals surface area contributed by atoms with Crippen LogP contribution in [0.5, 0.6) is 0 Å². The van der Waals surface area contributed by atoms with E-state index in [0.29, 0.717) is 12.3 Å². The van der Waals surface area contributed by atoms with Gasteiger partial charge in [-0.05, 0) is 33.1 Å². The fourth-order valence-corrected chi connectivity index (χ4v) is 2.69. The molecule has 0 radical (unpaired) electrons. The van der Waals surface area contributed by atoms with Crippen molar-refractivity contribution in [3.63, 3.8) is 0 Å². The molecule has 0 saturated carbocycles. The molecule has 18 heavy (non-hydrogen) atoms. The molecule has 2 amide bonds. The van der Waals surface area contributed by atoms with Crippen molar-refractivity contribution in [3.05, 3.63) is 0 Å². The minimum Gasteiger partial charge on any atom is -0.378 e. The summed E-state index contributed by atoms with van der Waals surface area (Å²) in [5, 5.41) is 3.23. The van der Waals surface area contributed by atoms with E-state index in [-0.39, 0.29) is 30.0 Å². The van der Waals surface area contributed by atoms with Crippen LogP contribution in [0.25, 0.3) is 0 Å². The van der Waals surface area contributed by atoms with Crippen molar-refractivity contribution < 1.29 is 14.3 Å². The zero-order valence-electron chi connectivity index (χ0n) is 11.3. The number of carbonyl (C=O) groups excluding carboxylic acids is 2. The van der Waals surface area contributed by atoms with E-state index >= 15 is 0 Å². The van der Waals surface area contributed by atoms with E-state index in [0.717, 1.165) is 19.6 Å². The first-order chi connectivity index (χ1) is 8.50. The molecular weight excluding hydrogens is 232 g/mol. The van der Waals surface area contributed by atoms with E-state index in [1.165, 1.54) is 4.90 Å². The maximum absolute atomic E-state index is 12.1. The summed E-state index contributed by atoms with van der Waals surface area (Å²) in [6.07, 6.45) is 1.56. The highest BCUT2D eigenvalue weighted by atomic mass is 16.5. The van der Waals surface area contributed by atoms with Gasteiger partial charge in [0.2, 0.25) is 11.8 Å². The topological polar surface area (TPSA) is 58.6 Å². The fourth-order valence-electron chi connectivity index (χ4n) is 2.69. The van der Waals surface area contributed by atoms with Crippen LogP contribution in [-0.2, 0) is 14.3 Å². The lowest BCUT2D eigenvalue weighted by atomic mass is 10.0. The largest absolute Gasteiger partial charge is 0.378 e. The molecule has 5 heteroatoms. The van der Waals surface area contributed by atoms with Gasteiger partial charge in [-0.3, -0.25) is 14.5 Å². The molecule has 2 aliphatic heterocycles. The van der Waals surface area contributed by atoms with Crippen LogP contribution in [0.3, 0.4) is 0 Å². The van der Waals surface area contributed by atoms with E-state index in [1.54, 1.807) is 0 Å². The van der Waals surface area contributed by atoms with E-state index in [4.69, 9.17) is 4.74 Å². The van der Waals surface area contributed by atoms with Gasteiger partial charge in [-0.25, -0.2) is 0 Å². The summed E-state index contributed by atoms with van der Waals surface area (Å²) < 4.78 is 5.49. The molecule has 2 aliphatic rings. The van der Waals surface area contributed by atoms with Gasteiger partial charge >= 0.3 is 0 Å². The summed E-state index contributed by atoms with van der Waals surface area (Å²) in [7, 11) is 0. The second kappa shape index (κ2) is 5.36. The van der Waals surface area contributed by atoms with Crippen LogP contribution in [0.1, 0.15) is 33.6 Å². The average Bonchev–Trinajstić information content (AvgIpc) is 2.80. The van der Waals surface area contributed by atoms with Crippen molar-refractivity contribution in [1.82, 2.24) is 10.2 Å². The van der Waals surface area contributed by atoms with Gasteiger partial charge in [-0.2, -0.15) is 0 Å². The molecule has 102 valence electrons. The number of hydrogen-bond donors (Lipinski definition) is 1. The van der Waals surface area contributed by atoms with Gasteiger partial charge in [0.25, 0.3) is 0 Å². The molecule has 2 saturated heterocycles. The lowest BCUT2D eigenvalue weighted by Gasteiger charge is -2.20. The van der Waals surface area contributed by atoms with Crippen molar-refractivity contribution in [2.45, 2.75) is 51.8 Å². The van der Waals surface area contributed by atoms with Gasteiger partial charge in [-0.15, -0.1) is 0 Å². The summed E-state index contributed by atoms with van der Waals surface area (Å²) in [5.74, 6) is 0.297. The molecule has 5 nitrogen and oxygen atoms in total. The molecule has 0 aromatic carbocycles. The van der Waals surface area contributed by atoms with Crippen LogP contribution in [0, 0.1) is 5.92 Å². The van der Waals surface area contributed by atoms with Crippen molar-refractivity contribution >= 4 is 11.8 Å². The Labute approximate surface area is 108 Å². The Kier molecular flexibility index (Phi) is 4.02. The number of amides is 2.